The number of aromatic nitrogens is 2. The molecule has 2 fully saturated rings. The van der Waals surface area contributed by atoms with Gasteiger partial charge < -0.3 is 19.7 Å². The van der Waals surface area contributed by atoms with Gasteiger partial charge in [-0.25, -0.2) is 4.79 Å². The molecular formula is C17H28N4O3. The Morgan fingerprint density at radius 3 is 2.88 bits per heavy atom. The Morgan fingerprint density at radius 1 is 1.42 bits per heavy atom. The van der Waals surface area contributed by atoms with Crippen molar-refractivity contribution >= 4 is 6.03 Å². The summed E-state index contributed by atoms with van der Waals surface area (Å²) in [6, 6.07) is 0.313. The van der Waals surface area contributed by atoms with Gasteiger partial charge in [-0.05, 0) is 31.6 Å². The molecule has 1 unspecified atom stereocenters. The topological polar surface area (TPSA) is 68.6 Å². The van der Waals surface area contributed by atoms with Gasteiger partial charge in [0.15, 0.2) is 0 Å². The van der Waals surface area contributed by atoms with Gasteiger partial charge >= 0.3 is 6.03 Å². The number of hydrogen-bond acceptors (Lipinski definition) is 4. The van der Waals surface area contributed by atoms with Crippen LogP contribution in [0.2, 0.25) is 0 Å². The molecule has 1 saturated heterocycles. The number of morpholine rings is 1. The molecule has 1 atom stereocenters. The van der Waals surface area contributed by atoms with Gasteiger partial charge in [-0.1, -0.05) is 0 Å². The molecule has 7 nitrogen and oxygen atoms in total. The first-order valence-corrected chi connectivity index (χ1v) is 8.80. The van der Waals surface area contributed by atoms with Crippen LogP contribution in [-0.4, -0.2) is 60.2 Å². The van der Waals surface area contributed by atoms with Gasteiger partial charge in [0.25, 0.3) is 0 Å². The lowest BCUT2D eigenvalue weighted by Crippen LogP contribution is -2.50. The maximum atomic E-state index is 12.6. The SMILES string of the molecule is COCC1CCC(NC(=O)N2CCOC(c3cnn(C)c3)C2)CC1. The van der Waals surface area contributed by atoms with E-state index in [0.29, 0.717) is 25.6 Å². The highest BCUT2D eigenvalue weighted by molar-refractivity contribution is 5.74. The summed E-state index contributed by atoms with van der Waals surface area (Å²) in [5, 5.41) is 7.38. The van der Waals surface area contributed by atoms with Crippen LogP contribution in [0.15, 0.2) is 12.4 Å². The monoisotopic (exact) mass is 336 g/mol. The number of urea groups is 1. The van der Waals surface area contributed by atoms with E-state index in [-0.39, 0.29) is 18.2 Å². The fourth-order valence-corrected chi connectivity index (χ4v) is 3.62. The first kappa shape index (κ1) is 17.2. The summed E-state index contributed by atoms with van der Waals surface area (Å²) in [6.45, 7) is 2.61. The Kier molecular flexibility index (Phi) is 5.73. The molecule has 134 valence electrons. The van der Waals surface area contributed by atoms with E-state index in [1.807, 2.05) is 24.3 Å². The number of methoxy groups -OCH3 is 1. The lowest BCUT2D eigenvalue weighted by Gasteiger charge is -2.35. The predicted molar refractivity (Wildman–Crippen MR) is 89.6 cm³/mol. The van der Waals surface area contributed by atoms with Crippen molar-refractivity contribution in [2.45, 2.75) is 37.8 Å². The zero-order valence-electron chi connectivity index (χ0n) is 14.6. The minimum absolute atomic E-state index is 0.0300. The first-order chi connectivity index (χ1) is 11.7. The van der Waals surface area contributed by atoms with Crippen molar-refractivity contribution < 1.29 is 14.3 Å². The Hall–Kier alpha value is -1.60. The van der Waals surface area contributed by atoms with Gasteiger partial charge in [-0.2, -0.15) is 5.10 Å². The van der Waals surface area contributed by atoms with Crippen LogP contribution in [0.3, 0.4) is 0 Å². The van der Waals surface area contributed by atoms with E-state index >= 15 is 0 Å². The van der Waals surface area contributed by atoms with Crippen molar-refractivity contribution in [2.24, 2.45) is 13.0 Å². The summed E-state index contributed by atoms with van der Waals surface area (Å²) < 4.78 is 12.8. The standard InChI is InChI=1S/C17H28N4O3/c1-20-10-14(9-18-20)16-11-21(7-8-24-16)17(22)19-15-5-3-13(4-6-15)12-23-2/h9-10,13,15-16H,3-8,11-12H2,1-2H3,(H,19,22). The van der Waals surface area contributed by atoms with E-state index in [1.54, 1.807) is 11.8 Å². The molecule has 0 bridgehead atoms. The summed E-state index contributed by atoms with van der Waals surface area (Å²) in [4.78, 5) is 14.4. The quantitative estimate of drug-likeness (QED) is 0.909. The molecule has 0 radical (unpaired) electrons. The number of carbonyl (C=O) groups excluding carboxylic acids is 1. The van der Waals surface area contributed by atoms with E-state index in [9.17, 15) is 4.79 Å². The van der Waals surface area contributed by atoms with Crippen molar-refractivity contribution in [3.63, 3.8) is 0 Å². The van der Waals surface area contributed by atoms with Crippen molar-refractivity contribution in [3.8, 4) is 0 Å². The van der Waals surface area contributed by atoms with Crippen molar-refractivity contribution in [2.75, 3.05) is 33.4 Å². The molecule has 1 N–H and O–H groups in total. The number of nitrogens with zero attached hydrogens (tertiary/aromatic N) is 3. The second kappa shape index (κ2) is 7.98. The zero-order chi connectivity index (χ0) is 16.9. The van der Waals surface area contributed by atoms with Gasteiger partial charge in [-0.3, -0.25) is 4.68 Å². The van der Waals surface area contributed by atoms with Crippen LogP contribution in [0.25, 0.3) is 0 Å². The lowest BCUT2D eigenvalue weighted by atomic mass is 9.86. The Labute approximate surface area is 143 Å². The number of aryl methyl sites for hydroxylation is 1. The molecule has 2 heterocycles. The maximum Gasteiger partial charge on any atom is 0.317 e. The molecule has 0 aromatic carbocycles. The van der Waals surface area contributed by atoms with Gasteiger partial charge in [0, 0.05) is 45.1 Å². The highest BCUT2D eigenvalue weighted by atomic mass is 16.5. The second-order valence-electron chi connectivity index (χ2n) is 6.88. The molecule has 2 aliphatic rings. The smallest absolute Gasteiger partial charge is 0.317 e. The summed E-state index contributed by atoms with van der Waals surface area (Å²) >= 11 is 0. The third-order valence-corrected chi connectivity index (χ3v) is 5.03. The second-order valence-corrected chi connectivity index (χ2v) is 6.88. The van der Waals surface area contributed by atoms with E-state index in [0.717, 1.165) is 37.9 Å². The largest absolute Gasteiger partial charge is 0.384 e. The zero-order valence-corrected chi connectivity index (χ0v) is 14.6. The van der Waals surface area contributed by atoms with Gasteiger partial charge in [0.2, 0.25) is 0 Å². The Balaban J connectivity index is 1.48. The highest BCUT2D eigenvalue weighted by Gasteiger charge is 2.28. The molecule has 2 amide bonds. The van der Waals surface area contributed by atoms with Gasteiger partial charge in [0.1, 0.15) is 6.10 Å². The fourth-order valence-electron chi connectivity index (χ4n) is 3.62. The van der Waals surface area contributed by atoms with Crippen LogP contribution in [0, 0.1) is 5.92 Å². The average Bonchev–Trinajstić information content (AvgIpc) is 3.03. The average molecular weight is 336 g/mol. The molecule has 0 spiro atoms. The minimum Gasteiger partial charge on any atom is -0.384 e. The molecule has 1 aliphatic heterocycles. The van der Waals surface area contributed by atoms with Crippen LogP contribution in [0.1, 0.15) is 37.4 Å². The number of rotatable bonds is 4. The predicted octanol–water partition coefficient (Wildman–Crippen LogP) is 1.71. The normalized spacial score (nSPS) is 27.9. The molecule has 1 saturated carbocycles. The Morgan fingerprint density at radius 2 is 2.21 bits per heavy atom. The van der Waals surface area contributed by atoms with Crippen molar-refractivity contribution in [3.05, 3.63) is 18.0 Å². The van der Waals surface area contributed by atoms with E-state index in [2.05, 4.69) is 10.4 Å². The number of hydrogen-bond donors (Lipinski definition) is 1. The third-order valence-electron chi connectivity index (χ3n) is 5.03. The van der Waals surface area contributed by atoms with E-state index in [4.69, 9.17) is 9.47 Å². The number of nitrogens with one attached hydrogen (secondary N) is 1. The molecule has 24 heavy (non-hydrogen) atoms. The number of ether oxygens (including phenoxy) is 2. The lowest BCUT2D eigenvalue weighted by molar-refractivity contribution is -0.0160. The molecule has 1 aromatic heterocycles. The third kappa shape index (κ3) is 4.27. The summed E-state index contributed by atoms with van der Waals surface area (Å²) in [7, 11) is 3.64. The van der Waals surface area contributed by atoms with Gasteiger partial charge in [-0.15, -0.1) is 0 Å². The number of carbonyl (C=O) groups is 1. The molecular weight excluding hydrogens is 308 g/mol. The first-order valence-electron chi connectivity index (χ1n) is 8.80. The van der Waals surface area contributed by atoms with Crippen LogP contribution < -0.4 is 5.32 Å². The number of amides is 2. The van der Waals surface area contributed by atoms with Gasteiger partial charge in [0.05, 0.1) is 19.3 Å². The minimum atomic E-state index is -0.0874. The Bertz CT molecular complexity index is 540. The molecule has 1 aliphatic carbocycles. The summed E-state index contributed by atoms with van der Waals surface area (Å²) in [6.07, 6.45) is 7.99. The van der Waals surface area contributed by atoms with E-state index < -0.39 is 0 Å². The van der Waals surface area contributed by atoms with Crippen LogP contribution >= 0.6 is 0 Å². The van der Waals surface area contributed by atoms with Crippen LogP contribution in [0.5, 0.6) is 0 Å². The molecule has 7 heteroatoms. The highest BCUT2D eigenvalue weighted by Crippen LogP contribution is 2.25. The van der Waals surface area contributed by atoms with Crippen LogP contribution in [0.4, 0.5) is 4.79 Å². The van der Waals surface area contributed by atoms with Crippen molar-refractivity contribution in [1.82, 2.24) is 20.0 Å². The summed E-state index contributed by atoms with van der Waals surface area (Å²) in [5.41, 5.74) is 1.02. The van der Waals surface area contributed by atoms with Crippen molar-refractivity contribution in [1.29, 1.82) is 0 Å². The summed E-state index contributed by atoms with van der Waals surface area (Å²) in [5.74, 6) is 0.640. The fraction of sp³-hybridized carbons (Fsp3) is 0.765. The molecule has 1 aromatic rings. The van der Waals surface area contributed by atoms with E-state index in [1.165, 1.54) is 0 Å². The van der Waals surface area contributed by atoms with Crippen LogP contribution in [-0.2, 0) is 16.5 Å². The molecule has 3 rings (SSSR count). The maximum absolute atomic E-state index is 12.6.